The molecule has 2 aliphatic heterocycles. The number of aromatic nitrogens is 1. The van der Waals surface area contributed by atoms with Gasteiger partial charge in [0, 0.05) is 18.2 Å². The van der Waals surface area contributed by atoms with Gasteiger partial charge in [0.05, 0.1) is 12.6 Å². The van der Waals surface area contributed by atoms with Gasteiger partial charge in [-0.15, -0.1) is 11.3 Å². The zero-order chi connectivity index (χ0) is 26.3. The summed E-state index contributed by atoms with van der Waals surface area (Å²) in [7, 11) is -5.08. The summed E-state index contributed by atoms with van der Waals surface area (Å²) in [5, 5.41) is 16.3. The fourth-order valence-electron chi connectivity index (χ4n) is 3.16. The van der Waals surface area contributed by atoms with Gasteiger partial charge in [0.2, 0.25) is 17.4 Å². The number of nitrogens with two attached hydrogens (primary N) is 1. The van der Waals surface area contributed by atoms with Crippen molar-refractivity contribution >= 4 is 62.1 Å². The van der Waals surface area contributed by atoms with Crippen molar-refractivity contribution in [3.8, 4) is 0 Å². The minimum atomic E-state index is -5.08. The molecular weight excluding hydrogens is 512 g/mol. The van der Waals surface area contributed by atoms with Crippen molar-refractivity contribution in [1.29, 1.82) is 0 Å². The Kier molecular flexibility index (Phi) is 6.82. The molecular formula is C17H20N6O10S2. The van der Waals surface area contributed by atoms with Crippen molar-refractivity contribution in [2.75, 3.05) is 12.3 Å². The zero-order valence-corrected chi connectivity index (χ0v) is 19.8. The number of carboxylic acid groups (broad SMARTS) is 1. The van der Waals surface area contributed by atoms with E-state index < -0.39 is 69.8 Å². The van der Waals surface area contributed by atoms with Gasteiger partial charge in [-0.05, 0) is 13.8 Å². The number of oxime groups is 1. The number of amides is 4. The second kappa shape index (κ2) is 9.19. The highest BCUT2D eigenvalue weighted by atomic mass is 32.2. The van der Waals surface area contributed by atoms with Crippen LogP contribution in [0.1, 0.15) is 32.4 Å². The molecule has 2 atom stereocenters. The summed E-state index contributed by atoms with van der Waals surface area (Å²) in [6.45, 7) is 1.71. The van der Waals surface area contributed by atoms with E-state index in [2.05, 4.69) is 15.5 Å². The van der Waals surface area contributed by atoms with E-state index in [1.807, 2.05) is 0 Å². The van der Waals surface area contributed by atoms with E-state index in [9.17, 15) is 42.0 Å². The Hall–Kier alpha value is -3.64. The van der Waals surface area contributed by atoms with Gasteiger partial charge in [0.1, 0.15) is 11.7 Å². The molecule has 35 heavy (non-hydrogen) atoms. The van der Waals surface area contributed by atoms with E-state index in [-0.39, 0.29) is 28.0 Å². The minimum absolute atomic E-state index is 0.0270. The van der Waals surface area contributed by atoms with Crippen LogP contribution < -0.4 is 11.1 Å². The summed E-state index contributed by atoms with van der Waals surface area (Å²) in [5.41, 5.74) is 2.99. The molecule has 1 aromatic heterocycles. The standard InChI is InChI=1S/C17H20N6O10S2/c1-17(2,15(28)29)33-21-11(7-6-34-16(18)19-7)13(26)20-12-8(23(14(12)27)35(30,31)32)5-22-9(24)3-4-10(22)25/h6,8,12H,3-5H2,1-2H3,(H2,18,19)(H,20,26)(H,28,29)(H,30,31,32)/b21-11-. The smallest absolute Gasteiger partial charge is 0.362 e. The number of thiazole rings is 1. The molecule has 2 unspecified atom stereocenters. The number of carbonyl (C=O) groups is 5. The Balaban J connectivity index is 1.89. The lowest BCUT2D eigenvalue weighted by Gasteiger charge is -2.45. The summed E-state index contributed by atoms with van der Waals surface area (Å²) in [6, 6.07) is -3.11. The number of aliphatic carboxylic acids is 1. The molecule has 0 aliphatic carbocycles. The summed E-state index contributed by atoms with van der Waals surface area (Å²) < 4.78 is 32.8. The van der Waals surface area contributed by atoms with Gasteiger partial charge in [-0.2, -0.15) is 8.42 Å². The fourth-order valence-corrected chi connectivity index (χ4v) is 4.58. The number of nitrogens with one attached hydrogen (secondary N) is 1. The van der Waals surface area contributed by atoms with E-state index in [1.54, 1.807) is 0 Å². The SMILES string of the molecule is CC(C)(O/N=C(\C(=O)NC1C(=O)N(S(=O)(=O)O)C1CN1C(=O)CCC1=O)c1csc(N)n1)C(=O)O. The number of likely N-dealkylation sites (tertiary alicyclic amines) is 1. The first kappa shape index (κ1) is 26.0. The Morgan fingerprint density at radius 2 is 1.91 bits per heavy atom. The molecule has 2 aliphatic rings. The third-order valence-electron chi connectivity index (χ3n) is 5.09. The molecule has 18 heteroatoms. The van der Waals surface area contributed by atoms with Gasteiger partial charge < -0.3 is 21.0 Å². The Bertz CT molecular complexity index is 1220. The number of hydrogen-bond acceptors (Lipinski definition) is 12. The van der Waals surface area contributed by atoms with Crippen LogP contribution in [0.4, 0.5) is 5.13 Å². The average molecular weight is 533 g/mol. The fraction of sp³-hybridized carbons (Fsp3) is 0.471. The molecule has 0 spiro atoms. The Morgan fingerprint density at radius 1 is 1.31 bits per heavy atom. The van der Waals surface area contributed by atoms with E-state index in [1.165, 1.54) is 5.38 Å². The maximum Gasteiger partial charge on any atom is 0.362 e. The van der Waals surface area contributed by atoms with Crippen LogP contribution in [-0.4, -0.2) is 91.8 Å². The lowest BCUT2D eigenvalue weighted by Crippen LogP contribution is -2.74. The first-order valence-electron chi connectivity index (χ1n) is 9.79. The predicted molar refractivity (Wildman–Crippen MR) is 116 cm³/mol. The molecule has 0 aromatic carbocycles. The average Bonchev–Trinajstić information content (AvgIpc) is 3.30. The number of nitrogen functional groups attached to an aromatic ring is 1. The highest BCUT2D eigenvalue weighted by Crippen LogP contribution is 2.27. The molecule has 3 heterocycles. The molecule has 190 valence electrons. The third kappa shape index (κ3) is 5.23. The highest BCUT2D eigenvalue weighted by Gasteiger charge is 2.55. The van der Waals surface area contributed by atoms with Crippen LogP contribution in [0.25, 0.3) is 0 Å². The monoisotopic (exact) mass is 532 g/mol. The molecule has 2 saturated heterocycles. The molecule has 0 radical (unpaired) electrons. The quantitative estimate of drug-likeness (QED) is 0.0884. The van der Waals surface area contributed by atoms with Crippen molar-refractivity contribution < 1.29 is 46.9 Å². The number of hydrogen-bond donors (Lipinski definition) is 4. The van der Waals surface area contributed by atoms with Crippen LogP contribution >= 0.6 is 11.3 Å². The van der Waals surface area contributed by atoms with Crippen LogP contribution in [0, 0.1) is 0 Å². The van der Waals surface area contributed by atoms with Gasteiger partial charge in [0.25, 0.3) is 11.8 Å². The van der Waals surface area contributed by atoms with Crippen LogP contribution in [-0.2, 0) is 39.1 Å². The molecule has 2 fully saturated rings. The number of imide groups is 1. The van der Waals surface area contributed by atoms with Crippen molar-refractivity contribution in [3.05, 3.63) is 11.1 Å². The third-order valence-corrected chi connectivity index (χ3v) is 6.71. The minimum Gasteiger partial charge on any atom is -0.478 e. The normalized spacial score (nSPS) is 21.2. The molecule has 3 rings (SSSR count). The van der Waals surface area contributed by atoms with Gasteiger partial charge in [0.15, 0.2) is 10.8 Å². The van der Waals surface area contributed by atoms with Gasteiger partial charge in [-0.1, -0.05) is 5.16 Å². The molecule has 0 saturated carbocycles. The maximum atomic E-state index is 13.0. The van der Waals surface area contributed by atoms with Crippen LogP contribution in [0.15, 0.2) is 10.5 Å². The van der Waals surface area contributed by atoms with E-state index in [0.29, 0.717) is 0 Å². The van der Waals surface area contributed by atoms with Crippen LogP contribution in [0.2, 0.25) is 0 Å². The second-order valence-corrected chi connectivity index (χ2v) is 10.1. The largest absolute Gasteiger partial charge is 0.478 e. The zero-order valence-electron chi connectivity index (χ0n) is 18.2. The Labute approximate surface area is 201 Å². The summed E-state index contributed by atoms with van der Waals surface area (Å²) in [6.07, 6.45) is -0.220. The number of carboxylic acids is 1. The Morgan fingerprint density at radius 3 is 2.40 bits per heavy atom. The van der Waals surface area contributed by atoms with E-state index in [0.717, 1.165) is 30.1 Å². The molecule has 0 bridgehead atoms. The summed E-state index contributed by atoms with van der Waals surface area (Å²) in [4.78, 5) is 70.2. The number of β-lactam (4-membered cyclic amide) rings is 1. The first-order chi connectivity index (χ1) is 16.1. The maximum absolute atomic E-state index is 13.0. The van der Waals surface area contributed by atoms with Crippen molar-refractivity contribution in [2.24, 2.45) is 5.16 Å². The number of carbonyl (C=O) groups excluding carboxylic acids is 4. The van der Waals surface area contributed by atoms with Gasteiger partial charge in [-0.25, -0.2) is 14.1 Å². The number of anilines is 1. The van der Waals surface area contributed by atoms with Crippen molar-refractivity contribution in [3.63, 3.8) is 0 Å². The van der Waals surface area contributed by atoms with Crippen LogP contribution in [0.3, 0.4) is 0 Å². The van der Waals surface area contributed by atoms with Gasteiger partial charge >= 0.3 is 16.3 Å². The molecule has 4 amide bonds. The van der Waals surface area contributed by atoms with Crippen LogP contribution in [0.5, 0.6) is 0 Å². The summed E-state index contributed by atoms with van der Waals surface area (Å²) >= 11 is 0.920. The summed E-state index contributed by atoms with van der Waals surface area (Å²) in [5.74, 6) is -5.00. The second-order valence-electron chi connectivity index (χ2n) is 7.95. The lowest BCUT2D eigenvalue weighted by atomic mass is 9.97. The van der Waals surface area contributed by atoms with E-state index >= 15 is 0 Å². The van der Waals surface area contributed by atoms with Crippen molar-refractivity contribution in [1.82, 2.24) is 19.5 Å². The first-order valence-corrected chi connectivity index (χ1v) is 12.1. The topological polar surface area (TPSA) is 239 Å². The predicted octanol–water partition coefficient (Wildman–Crippen LogP) is -2.04. The molecule has 16 nitrogen and oxygen atoms in total. The molecule has 1 aromatic rings. The van der Waals surface area contributed by atoms with E-state index in [4.69, 9.17) is 10.6 Å². The number of rotatable bonds is 9. The number of nitrogens with zero attached hydrogens (tertiary/aromatic N) is 4. The highest BCUT2D eigenvalue weighted by molar-refractivity contribution is 7.84. The van der Waals surface area contributed by atoms with Crippen molar-refractivity contribution in [2.45, 2.75) is 44.4 Å². The lowest BCUT2D eigenvalue weighted by molar-refractivity contribution is -0.161. The molecule has 5 N–H and O–H groups in total. The van der Waals surface area contributed by atoms with Gasteiger partial charge in [-0.3, -0.25) is 28.6 Å².